The Kier molecular flexibility index (Phi) is 5.61. The number of hydrogen-bond donors (Lipinski definition) is 2. The molecule has 1 fully saturated rings. The monoisotopic (exact) mass is 387 g/mol. The third-order valence-electron chi connectivity index (χ3n) is 5.37. The number of halogens is 1. The molecule has 27 heavy (non-hydrogen) atoms. The Labute approximate surface area is 165 Å². The van der Waals surface area contributed by atoms with Crippen LogP contribution in [0.1, 0.15) is 51.0 Å². The fourth-order valence-corrected chi connectivity index (χ4v) is 4.14. The van der Waals surface area contributed by atoms with Gasteiger partial charge in [0.05, 0.1) is 0 Å². The van der Waals surface area contributed by atoms with Crippen LogP contribution >= 0.6 is 11.6 Å². The van der Waals surface area contributed by atoms with Crippen molar-refractivity contribution in [2.45, 2.75) is 34.1 Å². The number of Topliss-reactive ketones (excluding diaryl/α,β-unsaturated/α-hetero) is 1. The van der Waals surface area contributed by atoms with E-state index in [1.807, 2.05) is 32.0 Å². The Bertz CT molecular complexity index is 888. The minimum atomic E-state index is -0.152. The molecule has 2 N–H and O–H groups in total. The van der Waals surface area contributed by atoms with Gasteiger partial charge in [0.25, 0.3) is 5.91 Å². The molecule has 1 aromatic carbocycles. The summed E-state index contributed by atoms with van der Waals surface area (Å²) in [5, 5.41) is 3.77. The molecule has 5 nitrogen and oxygen atoms in total. The van der Waals surface area contributed by atoms with Crippen molar-refractivity contribution in [3.8, 4) is 0 Å². The van der Waals surface area contributed by atoms with E-state index in [-0.39, 0.29) is 11.7 Å². The summed E-state index contributed by atoms with van der Waals surface area (Å²) in [6.07, 6.45) is 1.02. The summed E-state index contributed by atoms with van der Waals surface area (Å²) < 4.78 is 0. The molecule has 0 radical (unpaired) electrons. The quantitative estimate of drug-likeness (QED) is 0.760. The standard InChI is InChI=1S/C21H26ClN3O2/c1-12-5-6-17(22)9-18(12)25-8-7-16(11-25)10-23-21(27)20-13(2)19(15(4)26)14(3)24-20/h5-6,9,16,24H,7-8,10-11H2,1-4H3,(H,23,27). The first-order chi connectivity index (χ1) is 12.8. The number of carbonyl (C=O) groups is 2. The summed E-state index contributed by atoms with van der Waals surface area (Å²) in [6, 6.07) is 5.95. The van der Waals surface area contributed by atoms with Crippen LogP contribution in [0.4, 0.5) is 5.69 Å². The maximum absolute atomic E-state index is 12.6. The molecule has 1 aliphatic rings. The number of aromatic nitrogens is 1. The second-order valence-electron chi connectivity index (χ2n) is 7.42. The molecule has 0 saturated carbocycles. The van der Waals surface area contributed by atoms with Crippen molar-refractivity contribution >= 4 is 29.0 Å². The third kappa shape index (κ3) is 4.03. The maximum atomic E-state index is 12.6. The van der Waals surface area contributed by atoms with Gasteiger partial charge in [-0.15, -0.1) is 0 Å². The summed E-state index contributed by atoms with van der Waals surface area (Å²) in [5.41, 5.74) is 4.94. The summed E-state index contributed by atoms with van der Waals surface area (Å²) >= 11 is 6.14. The molecule has 144 valence electrons. The van der Waals surface area contributed by atoms with Gasteiger partial charge in [-0.05, 0) is 63.3 Å². The van der Waals surface area contributed by atoms with Crippen LogP contribution in [0.5, 0.6) is 0 Å². The molecule has 2 heterocycles. The second kappa shape index (κ2) is 7.77. The van der Waals surface area contributed by atoms with Crippen LogP contribution in [0.25, 0.3) is 0 Å². The average molecular weight is 388 g/mol. The topological polar surface area (TPSA) is 65.2 Å². The van der Waals surface area contributed by atoms with Crippen LogP contribution in [0.3, 0.4) is 0 Å². The molecule has 1 saturated heterocycles. The normalized spacial score (nSPS) is 16.6. The molecule has 1 atom stereocenters. The molecule has 0 spiro atoms. The summed E-state index contributed by atoms with van der Waals surface area (Å²) in [6.45, 7) is 9.71. The third-order valence-corrected chi connectivity index (χ3v) is 5.60. The Morgan fingerprint density at radius 2 is 2.04 bits per heavy atom. The van der Waals surface area contributed by atoms with Gasteiger partial charge < -0.3 is 15.2 Å². The van der Waals surface area contributed by atoms with E-state index >= 15 is 0 Å². The SMILES string of the molecule is CC(=O)c1c(C)[nH]c(C(=O)NCC2CCN(c3cc(Cl)ccc3C)C2)c1C. The second-order valence-corrected chi connectivity index (χ2v) is 7.86. The van der Waals surface area contributed by atoms with Gasteiger partial charge in [0, 0.05) is 41.6 Å². The van der Waals surface area contributed by atoms with Crippen LogP contribution in [0.15, 0.2) is 18.2 Å². The van der Waals surface area contributed by atoms with Gasteiger partial charge >= 0.3 is 0 Å². The van der Waals surface area contributed by atoms with E-state index in [2.05, 4.69) is 22.1 Å². The van der Waals surface area contributed by atoms with E-state index in [1.54, 1.807) is 0 Å². The van der Waals surface area contributed by atoms with Gasteiger partial charge in [-0.25, -0.2) is 0 Å². The zero-order valence-electron chi connectivity index (χ0n) is 16.3. The summed E-state index contributed by atoms with van der Waals surface area (Å²) in [7, 11) is 0. The van der Waals surface area contributed by atoms with Crippen molar-refractivity contribution in [3.63, 3.8) is 0 Å². The lowest BCUT2D eigenvalue weighted by molar-refractivity contribution is 0.0943. The van der Waals surface area contributed by atoms with Crippen LogP contribution in [-0.2, 0) is 0 Å². The van der Waals surface area contributed by atoms with Crippen molar-refractivity contribution < 1.29 is 9.59 Å². The van der Waals surface area contributed by atoms with Gasteiger partial charge in [0.2, 0.25) is 0 Å². The largest absolute Gasteiger partial charge is 0.371 e. The predicted octanol–water partition coefficient (Wildman–Crippen LogP) is 4.05. The van der Waals surface area contributed by atoms with Crippen LogP contribution in [0.2, 0.25) is 5.02 Å². The first kappa shape index (κ1) is 19.5. The fraction of sp³-hybridized carbons (Fsp3) is 0.429. The summed E-state index contributed by atoms with van der Waals surface area (Å²) in [5.74, 6) is 0.208. The smallest absolute Gasteiger partial charge is 0.268 e. The highest BCUT2D eigenvalue weighted by Crippen LogP contribution is 2.29. The van der Waals surface area contributed by atoms with Crippen molar-refractivity contribution in [1.82, 2.24) is 10.3 Å². The van der Waals surface area contributed by atoms with E-state index in [0.29, 0.717) is 23.7 Å². The number of nitrogens with one attached hydrogen (secondary N) is 2. The van der Waals surface area contributed by atoms with Crippen LogP contribution in [0, 0.1) is 26.7 Å². The van der Waals surface area contributed by atoms with Gasteiger partial charge in [-0.3, -0.25) is 9.59 Å². The minimum absolute atomic E-state index is 0.0244. The fourth-order valence-electron chi connectivity index (χ4n) is 3.97. The molecule has 1 unspecified atom stereocenters. The Balaban J connectivity index is 1.62. The van der Waals surface area contributed by atoms with E-state index in [0.717, 1.165) is 35.8 Å². The Hall–Kier alpha value is -2.27. The van der Waals surface area contributed by atoms with Crippen molar-refractivity contribution in [3.05, 3.63) is 51.3 Å². The number of benzene rings is 1. The molecule has 0 aliphatic carbocycles. The van der Waals surface area contributed by atoms with Gasteiger partial charge in [0.15, 0.2) is 5.78 Å². The van der Waals surface area contributed by atoms with Crippen molar-refractivity contribution in [1.29, 1.82) is 0 Å². The van der Waals surface area contributed by atoms with E-state index in [4.69, 9.17) is 11.6 Å². The molecule has 2 aromatic rings. The lowest BCUT2D eigenvalue weighted by Crippen LogP contribution is -2.31. The van der Waals surface area contributed by atoms with E-state index in [9.17, 15) is 9.59 Å². The van der Waals surface area contributed by atoms with E-state index in [1.165, 1.54) is 18.2 Å². The molecule has 1 amide bonds. The average Bonchev–Trinajstić information content (AvgIpc) is 3.19. The number of aryl methyl sites for hydroxylation is 2. The molecule has 3 rings (SSSR count). The number of amides is 1. The number of rotatable bonds is 5. The Morgan fingerprint density at radius 3 is 2.70 bits per heavy atom. The predicted molar refractivity (Wildman–Crippen MR) is 109 cm³/mol. The van der Waals surface area contributed by atoms with Gasteiger partial charge in [0.1, 0.15) is 5.69 Å². The van der Waals surface area contributed by atoms with Crippen molar-refractivity contribution in [2.24, 2.45) is 5.92 Å². The number of ketones is 1. The minimum Gasteiger partial charge on any atom is -0.371 e. The lowest BCUT2D eigenvalue weighted by atomic mass is 10.1. The van der Waals surface area contributed by atoms with Crippen molar-refractivity contribution in [2.75, 3.05) is 24.5 Å². The highest BCUT2D eigenvalue weighted by atomic mass is 35.5. The van der Waals surface area contributed by atoms with Crippen LogP contribution < -0.4 is 10.2 Å². The number of nitrogens with zero attached hydrogens (tertiary/aromatic N) is 1. The number of hydrogen-bond acceptors (Lipinski definition) is 3. The highest BCUT2D eigenvalue weighted by molar-refractivity contribution is 6.30. The zero-order chi connectivity index (χ0) is 19.7. The highest BCUT2D eigenvalue weighted by Gasteiger charge is 2.25. The first-order valence-electron chi connectivity index (χ1n) is 9.27. The molecular formula is C21H26ClN3O2. The number of carbonyl (C=O) groups excluding carboxylic acids is 2. The number of H-pyrrole nitrogens is 1. The number of aromatic amines is 1. The molecular weight excluding hydrogens is 362 g/mol. The van der Waals surface area contributed by atoms with Gasteiger partial charge in [-0.1, -0.05) is 17.7 Å². The molecule has 1 aromatic heterocycles. The lowest BCUT2D eigenvalue weighted by Gasteiger charge is -2.21. The zero-order valence-corrected chi connectivity index (χ0v) is 17.0. The maximum Gasteiger partial charge on any atom is 0.268 e. The first-order valence-corrected chi connectivity index (χ1v) is 9.65. The summed E-state index contributed by atoms with van der Waals surface area (Å²) in [4.78, 5) is 29.7. The Morgan fingerprint density at radius 1 is 1.30 bits per heavy atom. The van der Waals surface area contributed by atoms with Crippen LogP contribution in [-0.4, -0.2) is 36.3 Å². The number of anilines is 1. The molecule has 0 bridgehead atoms. The molecule has 1 aliphatic heterocycles. The van der Waals surface area contributed by atoms with Gasteiger partial charge in [-0.2, -0.15) is 0 Å². The molecule has 6 heteroatoms. The van der Waals surface area contributed by atoms with E-state index < -0.39 is 0 Å².